The number of allylic oxidation sites excluding steroid dienone is 5. The number of rotatable bonds is 10. The van der Waals surface area contributed by atoms with Crippen LogP contribution in [0.1, 0.15) is 66.7 Å². The van der Waals surface area contributed by atoms with E-state index in [-0.39, 0.29) is 6.61 Å². The lowest BCUT2D eigenvalue weighted by molar-refractivity contribution is 0.222. The smallest absolute Gasteiger partial charge is 0.0760 e. The first kappa shape index (κ1) is 20.9. The van der Waals surface area contributed by atoms with Crippen LogP contribution < -0.4 is 0 Å². The lowest BCUT2D eigenvalue weighted by atomic mass is 10.0. The second-order valence-corrected chi connectivity index (χ2v) is 6.43. The van der Waals surface area contributed by atoms with Gasteiger partial charge in [0.05, 0.1) is 12.7 Å². The Bertz CT molecular complexity index is 421. The zero-order valence-electron chi connectivity index (χ0n) is 15.0. The summed E-state index contributed by atoms with van der Waals surface area (Å²) in [6.45, 7) is 10.5. The van der Waals surface area contributed by atoms with E-state index in [9.17, 15) is 5.11 Å². The van der Waals surface area contributed by atoms with Crippen LogP contribution >= 0.6 is 0 Å². The van der Waals surface area contributed by atoms with Gasteiger partial charge < -0.3 is 10.2 Å². The van der Waals surface area contributed by atoms with Crippen LogP contribution in [0.4, 0.5) is 0 Å². The summed E-state index contributed by atoms with van der Waals surface area (Å²) in [5.74, 6) is 0. The van der Waals surface area contributed by atoms with Crippen molar-refractivity contribution in [3.05, 3.63) is 46.6 Å². The van der Waals surface area contributed by atoms with Crippen molar-refractivity contribution in [3.8, 4) is 0 Å². The van der Waals surface area contributed by atoms with Gasteiger partial charge in [0.15, 0.2) is 0 Å². The van der Waals surface area contributed by atoms with Crippen LogP contribution in [0.3, 0.4) is 0 Å². The molecule has 1 atom stereocenters. The summed E-state index contributed by atoms with van der Waals surface area (Å²) in [7, 11) is 0. The number of aliphatic hydroxyl groups excluding tert-OH is 2. The van der Waals surface area contributed by atoms with Crippen LogP contribution in [0.2, 0.25) is 0 Å². The van der Waals surface area contributed by atoms with Gasteiger partial charge in [-0.05, 0) is 66.7 Å². The van der Waals surface area contributed by atoms with Gasteiger partial charge >= 0.3 is 0 Å². The molecule has 0 aromatic carbocycles. The molecule has 2 heteroatoms. The quantitative estimate of drug-likeness (QED) is 0.552. The lowest BCUT2D eigenvalue weighted by Gasteiger charge is -2.08. The molecule has 0 rings (SSSR count). The summed E-state index contributed by atoms with van der Waals surface area (Å²) in [5.41, 5.74) is 5.02. The van der Waals surface area contributed by atoms with Gasteiger partial charge in [-0.25, -0.2) is 0 Å². The highest BCUT2D eigenvalue weighted by Gasteiger charge is 2.02. The fraction of sp³-hybridized carbons (Fsp3) is 0.600. The minimum absolute atomic E-state index is 0.115. The second-order valence-electron chi connectivity index (χ2n) is 6.43. The molecule has 0 aliphatic heterocycles. The van der Waals surface area contributed by atoms with E-state index in [0.717, 1.165) is 25.7 Å². The summed E-state index contributed by atoms with van der Waals surface area (Å²) in [6.07, 6.45) is 12.5. The predicted octanol–water partition coefficient (Wildman–Crippen LogP) is 5.10. The van der Waals surface area contributed by atoms with Crippen molar-refractivity contribution in [1.29, 1.82) is 0 Å². The standard InChI is InChI=1S/C20H34O2/c1-16(2)8-6-10-18(4)14-20(22)15-19(5)11-7-9-17(3)12-13-21/h8,11-12,14,20-22H,6-7,9-10,13,15H2,1-5H3/b17-12+,18-14+,19-11+/t20-/m1/s1. The third-order valence-corrected chi connectivity index (χ3v) is 3.57. The topological polar surface area (TPSA) is 40.5 Å². The highest BCUT2D eigenvalue weighted by atomic mass is 16.3. The molecule has 126 valence electrons. The van der Waals surface area contributed by atoms with Crippen LogP contribution in [0, 0.1) is 0 Å². The van der Waals surface area contributed by atoms with E-state index in [0.29, 0.717) is 6.42 Å². The molecule has 0 unspecified atom stereocenters. The van der Waals surface area contributed by atoms with Crippen LogP contribution in [-0.4, -0.2) is 22.9 Å². The molecule has 0 aromatic heterocycles. The Morgan fingerprint density at radius 2 is 1.41 bits per heavy atom. The average molecular weight is 306 g/mol. The molecule has 2 nitrogen and oxygen atoms in total. The summed E-state index contributed by atoms with van der Waals surface area (Å²) in [5, 5.41) is 18.9. The first-order valence-corrected chi connectivity index (χ1v) is 8.26. The molecule has 0 aromatic rings. The normalized spacial score (nSPS) is 15.0. The Morgan fingerprint density at radius 1 is 0.818 bits per heavy atom. The number of hydrogen-bond donors (Lipinski definition) is 2. The van der Waals surface area contributed by atoms with E-state index in [1.165, 1.54) is 22.3 Å². The zero-order valence-corrected chi connectivity index (χ0v) is 15.0. The van der Waals surface area contributed by atoms with E-state index in [1.807, 2.05) is 19.1 Å². The maximum atomic E-state index is 10.1. The van der Waals surface area contributed by atoms with Crippen molar-refractivity contribution in [2.75, 3.05) is 6.61 Å². The first-order valence-electron chi connectivity index (χ1n) is 8.26. The van der Waals surface area contributed by atoms with Crippen molar-refractivity contribution in [1.82, 2.24) is 0 Å². The van der Waals surface area contributed by atoms with E-state index >= 15 is 0 Å². The molecule has 0 saturated heterocycles. The predicted molar refractivity (Wildman–Crippen MR) is 96.9 cm³/mol. The van der Waals surface area contributed by atoms with Gasteiger partial charge in [0, 0.05) is 0 Å². The molecule has 0 aliphatic rings. The molecule has 0 amide bonds. The molecule has 0 fully saturated rings. The van der Waals surface area contributed by atoms with Crippen LogP contribution in [-0.2, 0) is 0 Å². The van der Waals surface area contributed by atoms with Crippen molar-refractivity contribution in [3.63, 3.8) is 0 Å². The third kappa shape index (κ3) is 12.6. The second kappa shape index (κ2) is 12.4. The molecule has 2 N–H and O–H groups in total. The summed E-state index contributed by atoms with van der Waals surface area (Å²) in [6, 6.07) is 0. The molecular formula is C20H34O2. The maximum absolute atomic E-state index is 10.1. The largest absolute Gasteiger partial charge is 0.392 e. The molecule has 0 radical (unpaired) electrons. The van der Waals surface area contributed by atoms with Crippen molar-refractivity contribution >= 4 is 0 Å². The minimum Gasteiger partial charge on any atom is -0.392 e. The molecular weight excluding hydrogens is 272 g/mol. The number of aliphatic hydroxyl groups is 2. The Hall–Kier alpha value is -1.12. The van der Waals surface area contributed by atoms with Gasteiger partial charge in [0.25, 0.3) is 0 Å². The zero-order chi connectivity index (χ0) is 17.0. The fourth-order valence-corrected chi connectivity index (χ4v) is 2.28. The molecule has 0 spiro atoms. The van der Waals surface area contributed by atoms with Crippen LogP contribution in [0.15, 0.2) is 46.6 Å². The molecule has 0 heterocycles. The maximum Gasteiger partial charge on any atom is 0.0760 e. The van der Waals surface area contributed by atoms with Crippen molar-refractivity contribution in [2.24, 2.45) is 0 Å². The highest BCUT2D eigenvalue weighted by molar-refractivity contribution is 5.10. The monoisotopic (exact) mass is 306 g/mol. The van der Waals surface area contributed by atoms with E-state index < -0.39 is 6.10 Å². The summed E-state index contributed by atoms with van der Waals surface area (Å²) >= 11 is 0. The van der Waals surface area contributed by atoms with Crippen molar-refractivity contribution < 1.29 is 10.2 Å². The summed E-state index contributed by atoms with van der Waals surface area (Å²) in [4.78, 5) is 0. The van der Waals surface area contributed by atoms with Crippen LogP contribution in [0.5, 0.6) is 0 Å². The Labute approximate surface area is 137 Å². The molecule has 0 bridgehead atoms. The van der Waals surface area contributed by atoms with Crippen LogP contribution in [0.25, 0.3) is 0 Å². The minimum atomic E-state index is -0.392. The fourth-order valence-electron chi connectivity index (χ4n) is 2.28. The summed E-state index contributed by atoms with van der Waals surface area (Å²) < 4.78 is 0. The van der Waals surface area contributed by atoms with Gasteiger partial charge in [-0.1, -0.05) is 46.6 Å². The van der Waals surface area contributed by atoms with Gasteiger partial charge in [0.2, 0.25) is 0 Å². The Balaban J connectivity index is 4.20. The van der Waals surface area contributed by atoms with Gasteiger partial charge in [-0.2, -0.15) is 0 Å². The van der Waals surface area contributed by atoms with E-state index in [4.69, 9.17) is 5.11 Å². The first-order chi connectivity index (χ1) is 10.3. The Kier molecular flexibility index (Phi) is 11.8. The Morgan fingerprint density at radius 3 is 2.00 bits per heavy atom. The van der Waals surface area contributed by atoms with E-state index in [1.54, 1.807) is 0 Å². The molecule has 22 heavy (non-hydrogen) atoms. The van der Waals surface area contributed by atoms with Gasteiger partial charge in [0.1, 0.15) is 0 Å². The van der Waals surface area contributed by atoms with Gasteiger partial charge in [-0.15, -0.1) is 0 Å². The molecule has 0 aliphatic carbocycles. The van der Waals surface area contributed by atoms with Gasteiger partial charge in [-0.3, -0.25) is 0 Å². The third-order valence-electron chi connectivity index (χ3n) is 3.57. The van der Waals surface area contributed by atoms with Crippen molar-refractivity contribution in [2.45, 2.75) is 72.8 Å². The molecule has 0 saturated carbocycles. The number of hydrogen-bond acceptors (Lipinski definition) is 2. The van der Waals surface area contributed by atoms with E-state index in [2.05, 4.69) is 39.8 Å². The highest BCUT2D eigenvalue weighted by Crippen LogP contribution is 2.14. The SMILES string of the molecule is CC(C)=CCC/C(C)=C/[C@@H](O)C/C(C)=C/CC/C(C)=C/CO. The average Bonchev–Trinajstić information content (AvgIpc) is 2.37. The lowest BCUT2D eigenvalue weighted by Crippen LogP contribution is -2.03.